The minimum absolute atomic E-state index is 0.0243. The molecule has 0 bridgehead atoms. The van der Waals surface area contributed by atoms with Crippen molar-refractivity contribution in [2.45, 2.75) is 38.6 Å². The highest BCUT2D eigenvalue weighted by atomic mass is 16.2. The minimum atomic E-state index is 0.0243. The van der Waals surface area contributed by atoms with Gasteiger partial charge >= 0.3 is 0 Å². The predicted octanol–water partition coefficient (Wildman–Crippen LogP) is 4.22. The van der Waals surface area contributed by atoms with Crippen LogP contribution in [-0.4, -0.2) is 36.9 Å². The van der Waals surface area contributed by atoms with Crippen LogP contribution < -0.4 is 0 Å². The van der Waals surface area contributed by atoms with Crippen molar-refractivity contribution in [3.63, 3.8) is 0 Å². The van der Waals surface area contributed by atoms with Crippen molar-refractivity contribution in [3.05, 3.63) is 78.1 Å². The number of rotatable bonds is 5. The normalized spacial score (nSPS) is 16.4. The molecule has 5 rings (SSSR count). The van der Waals surface area contributed by atoms with Crippen LogP contribution in [0.15, 0.2) is 61.1 Å². The highest BCUT2D eigenvalue weighted by molar-refractivity contribution is 5.89. The number of hydrogen-bond donors (Lipinski definition) is 1. The molecule has 1 N–H and O–H groups in total. The third-order valence-corrected chi connectivity index (χ3v) is 5.97. The number of carbonyl (C=O) groups is 1. The molecule has 1 saturated heterocycles. The molecule has 1 aliphatic heterocycles. The quantitative estimate of drug-likeness (QED) is 0.546. The van der Waals surface area contributed by atoms with Gasteiger partial charge in [0, 0.05) is 42.5 Å². The number of H-pyrrole nitrogens is 1. The van der Waals surface area contributed by atoms with Gasteiger partial charge in [0.25, 0.3) is 0 Å². The lowest BCUT2D eigenvalue weighted by molar-refractivity contribution is -0.131. The molecule has 1 fully saturated rings. The van der Waals surface area contributed by atoms with Crippen LogP contribution in [0.4, 0.5) is 0 Å². The van der Waals surface area contributed by atoms with E-state index in [1.54, 1.807) is 6.20 Å². The first kappa shape index (κ1) is 18.6. The van der Waals surface area contributed by atoms with E-state index in [0.29, 0.717) is 6.42 Å². The summed E-state index contributed by atoms with van der Waals surface area (Å²) in [6.45, 7) is 2.87. The van der Waals surface area contributed by atoms with E-state index in [9.17, 15) is 4.79 Å². The summed E-state index contributed by atoms with van der Waals surface area (Å²) in [5, 5.41) is 1.12. The number of nitrogens with one attached hydrogen (secondary N) is 1. The minimum Gasteiger partial charge on any atom is -0.361 e. The molecule has 0 spiro atoms. The predicted molar refractivity (Wildman–Crippen MR) is 116 cm³/mol. The largest absolute Gasteiger partial charge is 0.361 e. The van der Waals surface area contributed by atoms with Gasteiger partial charge in [0.15, 0.2) is 0 Å². The van der Waals surface area contributed by atoms with Gasteiger partial charge in [0.1, 0.15) is 11.6 Å². The number of benzene rings is 1. The van der Waals surface area contributed by atoms with Gasteiger partial charge in [-0.25, -0.2) is 9.97 Å². The number of carbonyl (C=O) groups excluding carboxylic acids is 1. The van der Waals surface area contributed by atoms with E-state index in [1.165, 1.54) is 0 Å². The highest BCUT2D eigenvalue weighted by Crippen LogP contribution is 2.32. The van der Waals surface area contributed by atoms with Crippen LogP contribution >= 0.6 is 0 Å². The van der Waals surface area contributed by atoms with E-state index in [1.807, 2.05) is 58.3 Å². The number of hydrogen-bond acceptors (Lipinski definition) is 3. The van der Waals surface area contributed by atoms with Crippen LogP contribution in [0.1, 0.15) is 42.9 Å². The topological polar surface area (TPSA) is 66.8 Å². The summed E-state index contributed by atoms with van der Waals surface area (Å²) in [4.78, 5) is 27.8. The van der Waals surface area contributed by atoms with Crippen molar-refractivity contribution < 1.29 is 4.79 Å². The third-order valence-electron chi connectivity index (χ3n) is 5.97. The number of imidazole rings is 1. The Balaban J connectivity index is 1.40. The summed E-state index contributed by atoms with van der Waals surface area (Å²) in [7, 11) is 0. The van der Waals surface area contributed by atoms with Crippen LogP contribution in [0.2, 0.25) is 0 Å². The maximum absolute atomic E-state index is 13.2. The van der Waals surface area contributed by atoms with Gasteiger partial charge in [-0.2, -0.15) is 0 Å². The van der Waals surface area contributed by atoms with Gasteiger partial charge in [-0.3, -0.25) is 9.36 Å². The zero-order valence-corrected chi connectivity index (χ0v) is 17.1. The van der Waals surface area contributed by atoms with Crippen molar-refractivity contribution in [2.75, 3.05) is 6.54 Å². The number of fused-ring (bicyclic) bond motifs is 1. The summed E-state index contributed by atoms with van der Waals surface area (Å²) in [5.74, 6) is 2.00. The van der Waals surface area contributed by atoms with E-state index in [4.69, 9.17) is 4.98 Å². The maximum atomic E-state index is 13.2. The number of amides is 1. The molecule has 0 radical (unpaired) electrons. The molecule has 1 amide bonds. The summed E-state index contributed by atoms with van der Waals surface area (Å²) >= 11 is 0. The first-order valence-electron chi connectivity index (χ1n) is 10.6. The summed E-state index contributed by atoms with van der Waals surface area (Å²) in [6.07, 6.45) is 8.90. The van der Waals surface area contributed by atoms with E-state index in [0.717, 1.165) is 59.6 Å². The molecule has 6 heteroatoms. The van der Waals surface area contributed by atoms with Crippen molar-refractivity contribution >= 4 is 16.8 Å². The van der Waals surface area contributed by atoms with E-state index in [-0.39, 0.29) is 11.9 Å². The lowest BCUT2D eigenvalue weighted by Crippen LogP contribution is -2.32. The Morgan fingerprint density at radius 3 is 3.00 bits per heavy atom. The van der Waals surface area contributed by atoms with Crippen molar-refractivity contribution in [3.8, 4) is 5.82 Å². The molecule has 0 aliphatic carbocycles. The average molecular weight is 399 g/mol. The summed E-state index contributed by atoms with van der Waals surface area (Å²) in [6, 6.07) is 14.2. The number of aromatic amines is 1. The van der Waals surface area contributed by atoms with E-state index >= 15 is 0 Å². The lowest BCUT2D eigenvalue weighted by Gasteiger charge is -2.25. The number of pyridine rings is 1. The zero-order chi connectivity index (χ0) is 20.5. The molecule has 1 aromatic carbocycles. The number of para-hydroxylation sites is 1. The number of aryl methyl sites for hydroxylation is 1. The monoisotopic (exact) mass is 399 g/mol. The molecule has 152 valence electrons. The molecule has 0 unspecified atom stereocenters. The van der Waals surface area contributed by atoms with Crippen LogP contribution in [-0.2, 0) is 17.6 Å². The Morgan fingerprint density at radius 1 is 1.20 bits per heavy atom. The molecular formula is C24H25N5O. The van der Waals surface area contributed by atoms with Gasteiger partial charge in [-0.05, 0) is 36.6 Å². The number of nitrogens with zero attached hydrogens (tertiary/aromatic N) is 4. The first-order valence-corrected chi connectivity index (χ1v) is 10.6. The lowest BCUT2D eigenvalue weighted by atomic mass is 10.1. The van der Waals surface area contributed by atoms with Gasteiger partial charge in [-0.15, -0.1) is 0 Å². The molecule has 0 saturated carbocycles. The fourth-order valence-corrected chi connectivity index (χ4v) is 4.48. The Morgan fingerprint density at radius 2 is 2.10 bits per heavy atom. The standard InChI is InChI=1S/C24H25N5O/c1-2-22-25-12-14-29(22)23-11-5-9-20(27-23)21-10-6-13-28(21)24(30)15-17-16-26-19-8-4-3-7-18(17)19/h3-5,7-9,11-12,14,16,21,26H,2,6,10,13,15H2,1H3/t21-/m0/s1. The summed E-state index contributed by atoms with van der Waals surface area (Å²) in [5.41, 5.74) is 3.07. The van der Waals surface area contributed by atoms with E-state index in [2.05, 4.69) is 23.0 Å². The molecule has 4 heterocycles. The fraction of sp³-hybridized carbons (Fsp3) is 0.292. The Kier molecular flexibility index (Phi) is 4.83. The second-order valence-corrected chi connectivity index (χ2v) is 7.77. The molecule has 1 atom stereocenters. The second-order valence-electron chi connectivity index (χ2n) is 7.77. The van der Waals surface area contributed by atoms with Crippen molar-refractivity contribution in [2.24, 2.45) is 0 Å². The van der Waals surface area contributed by atoms with E-state index < -0.39 is 0 Å². The maximum Gasteiger partial charge on any atom is 0.227 e. The van der Waals surface area contributed by atoms with Crippen molar-refractivity contribution in [1.82, 2.24) is 24.4 Å². The molecule has 4 aromatic rings. The van der Waals surface area contributed by atoms with Gasteiger partial charge in [-0.1, -0.05) is 31.2 Å². The smallest absolute Gasteiger partial charge is 0.227 e. The first-order chi connectivity index (χ1) is 14.7. The number of likely N-dealkylation sites (tertiary alicyclic amines) is 1. The van der Waals surface area contributed by atoms with Crippen molar-refractivity contribution in [1.29, 1.82) is 0 Å². The molecule has 30 heavy (non-hydrogen) atoms. The fourth-order valence-electron chi connectivity index (χ4n) is 4.48. The number of aromatic nitrogens is 4. The Bertz CT molecular complexity index is 1190. The molecule has 3 aromatic heterocycles. The van der Waals surface area contributed by atoms with Gasteiger partial charge in [0.2, 0.25) is 5.91 Å². The van der Waals surface area contributed by atoms with Gasteiger partial charge < -0.3 is 9.88 Å². The Hall–Kier alpha value is -3.41. The zero-order valence-electron chi connectivity index (χ0n) is 17.1. The van der Waals surface area contributed by atoms with Crippen LogP contribution in [0.25, 0.3) is 16.7 Å². The van der Waals surface area contributed by atoms with Crippen LogP contribution in [0, 0.1) is 0 Å². The molecular weight excluding hydrogens is 374 g/mol. The average Bonchev–Trinajstić information content (AvgIpc) is 3.53. The molecule has 6 nitrogen and oxygen atoms in total. The highest BCUT2D eigenvalue weighted by Gasteiger charge is 2.31. The SMILES string of the molecule is CCc1nccn1-c1cccc([C@@H]2CCCN2C(=O)Cc2c[nH]c3ccccc23)n1. The third kappa shape index (κ3) is 3.28. The Labute approximate surface area is 175 Å². The van der Waals surface area contributed by atoms with Gasteiger partial charge in [0.05, 0.1) is 18.2 Å². The summed E-state index contributed by atoms with van der Waals surface area (Å²) < 4.78 is 2.02. The van der Waals surface area contributed by atoms with Crippen LogP contribution in [0.3, 0.4) is 0 Å². The van der Waals surface area contributed by atoms with Crippen LogP contribution in [0.5, 0.6) is 0 Å². The molecule has 1 aliphatic rings. The second kappa shape index (κ2) is 7.78.